The molecule has 0 bridgehead atoms. The number of hydrazine groups is 1. The summed E-state index contributed by atoms with van der Waals surface area (Å²) in [4.78, 5) is 12.8. The van der Waals surface area contributed by atoms with Crippen LogP contribution in [0.5, 0.6) is 5.88 Å². The van der Waals surface area contributed by atoms with Gasteiger partial charge < -0.3 is 4.74 Å². The molecule has 6 nitrogen and oxygen atoms in total. The predicted molar refractivity (Wildman–Crippen MR) is 71.5 cm³/mol. The van der Waals surface area contributed by atoms with Crippen molar-refractivity contribution in [1.29, 1.82) is 0 Å². The Bertz CT molecular complexity index is 552. The summed E-state index contributed by atoms with van der Waals surface area (Å²) >= 11 is 0. The van der Waals surface area contributed by atoms with Gasteiger partial charge in [-0.2, -0.15) is 0 Å². The number of pyridine rings is 1. The van der Waals surface area contributed by atoms with E-state index in [2.05, 4.69) is 20.4 Å². The van der Waals surface area contributed by atoms with Crippen LogP contribution in [-0.4, -0.2) is 22.1 Å². The fraction of sp³-hybridized carbons (Fsp3) is 0.308. The zero-order valence-corrected chi connectivity index (χ0v) is 11.2. The molecule has 0 amide bonds. The number of nitrogens with two attached hydrogens (primary N) is 1. The van der Waals surface area contributed by atoms with E-state index in [1.807, 2.05) is 26.0 Å². The zero-order chi connectivity index (χ0) is 13.8. The van der Waals surface area contributed by atoms with E-state index in [-0.39, 0.29) is 6.04 Å². The van der Waals surface area contributed by atoms with Gasteiger partial charge in [0.05, 0.1) is 13.2 Å². The minimum atomic E-state index is -0.288. The molecule has 2 aromatic rings. The Morgan fingerprint density at radius 3 is 2.37 bits per heavy atom. The molecule has 3 N–H and O–H groups in total. The first kappa shape index (κ1) is 13.4. The van der Waals surface area contributed by atoms with Gasteiger partial charge in [0.15, 0.2) is 0 Å². The minimum absolute atomic E-state index is 0.288. The number of aryl methyl sites for hydroxylation is 2. The molecule has 2 heterocycles. The van der Waals surface area contributed by atoms with Crippen LogP contribution in [0.1, 0.15) is 28.7 Å². The molecule has 19 heavy (non-hydrogen) atoms. The number of hydrogen-bond acceptors (Lipinski definition) is 6. The molecule has 1 unspecified atom stereocenters. The quantitative estimate of drug-likeness (QED) is 0.630. The first-order chi connectivity index (χ1) is 9.15. The van der Waals surface area contributed by atoms with Crippen molar-refractivity contribution >= 4 is 0 Å². The van der Waals surface area contributed by atoms with Crippen molar-refractivity contribution in [2.75, 3.05) is 7.11 Å². The summed E-state index contributed by atoms with van der Waals surface area (Å²) in [5, 5.41) is 0. The second-order valence-electron chi connectivity index (χ2n) is 4.23. The standard InChI is InChI=1S/C13H17N5O/c1-8-6-10(7-9(2)17-8)11(18-14)12-13(19-3)16-5-4-15-12/h4-7,11,18H,14H2,1-3H3. The normalized spacial score (nSPS) is 12.2. The van der Waals surface area contributed by atoms with Crippen molar-refractivity contribution in [3.8, 4) is 5.88 Å². The number of nitrogens with one attached hydrogen (secondary N) is 1. The first-order valence-corrected chi connectivity index (χ1v) is 5.92. The lowest BCUT2D eigenvalue weighted by molar-refractivity contribution is 0.383. The highest BCUT2D eigenvalue weighted by Gasteiger charge is 2.20. The molecule has 0 aliphatic rings. The molecule has 0 radical (unpaired) electrons. The summed E-state index contributed by atoms with van der Waals surface area (Å²) in [6.45, 7) is 3.88. The maximum Gasteiger partial charge on any atom is 0.237 e. The summed E-state index contributed by atoms with van der Waals surface area (Å²) in [5.41, 5.74) is 6.24. The van der Waals surface area contributed by atoms with Crippen LogP contribution in [0.4, 0.5) is 0 Å². The van der Waals surface area contributed by atoms with E-state index in [0.29, 0.717) is 11.6 Å². The molecule has 2 aromatic heterocycles. The highest BCUT2D eigenvalue weighted by Crippen LogP contribution is 2.26. The molecule has 6 heteroatoms. The van der Waals surface area contributed by atoms with E-state index in [1.165, 1.54) is 0 Å². The molecule has 0 aliphatic heterocycles. The van der Waals surface area contributed by atoms with Gasteiger partial charge in [-0.05, 0) is 31.5 Å². The van der Waals surface area contributed by atoms with Crippen molar-refractivity contribution in [1.82, 2.24) is 20.4 Å². The molecular weight excluding hydrogens is 242 g/mol. The molecule has 0 aromatic carbocycles. The van der Waals surface area contributed by atoms with Crippen LogP contribution in [0.2, 0.25) is 0 Å². The van der Waals surface area contributed by atoms with Gasteiger partial charge in [-0.15, -0.1) is 0 Å². The largest absolute Gasteiger partial charge is 0.480 e. The molecule has 1 atom stereocenters. The summed E-state index contributed by atoms with van der Waals surface area (Å²) in [6.07, 6.45) is 3.20. The third-order valence-corrected chi connectivity index (χ3v) is 2.76. The Morgan fingerprint density at radius 2 is 1.79 bits per heavy atom. The highest BCUT2D eigenvalue weighted by molar-refractivity contribution is 5.34. The monoisotopic (exact) mass is 259 g/mol. The molecule has 0 saturated carbocycles. The SMILES string of the molecule is COc1nccnc1C(NN)c1cc(C)nc(C)c1. The lowest BCUT2D eigenvalue weighted by Crippen LogP contribution is -2.30. The van der Waals surface area contributed by atoms with Crippen molar-refractivity contribution < 1.29 is 4.74 Å². The van der Waals surface area contributed by atoms with Crippen molar-refractivity contribution in [2.24, 2.45) is 5.84 Å². The van der Waals surface area contributed by atoms with Crippen molar-refractivity contribution in [3.63, 3.8) is 0 Å². The predicted octanol–water partition coefficient (Wildman–Crippen LogP) is 1.05. The van der Waals surface area contributed by atoms with Crippen LogP contribution in [0, 0.1) is 13.8 Å². The Balaban J connectivity index is 2.49. The second-order valence-corrected chi connectivity index (χ2v) is 4.23. The lowest BCUT2D eigenvalue weighted by Gasteiger charge is -2.18. The van der Waals surface area contributed by atoms with E-state index in [9.17, 15) is 0 Å². The highest BCUT2D eigenvalue weighted by atomic mass is 16.5. The van der Waals surface area contributed by atoms with Crippen LogP contribution >= 0.6 is 0 Å². The summed E-state index contributed by atoms with van der Waals surface area (Å²) in [5.74, 6) is 6.12. The zero-order valence-electron chi connectivity index (χ0n) is 11.2. The molecular formula is C13H17N5O. The summed E-state index contributed by atoms with van der Waals surface area (Å²) in [7, 11) is 1.56. The van der Waals surface area contributed by atoms with E-state index >= 15 is 0 Å². The number of rotatable bonds is 4. The van der Waals surface area contributed by atoms with Gasteiger partial charge in [0.25, 0.3) is 0 Å². The third-order valence-electron chi connectivity index (χ3n) is 2.76. The molecule has 0 fully saturated rings. The second kappa shape index (κ2) is 5.73. The average molecular weight is 259 g/mol. The Kier molecular flexibility index (Phi) is 4.03. The van der Waals surface area contributed by atoms with Crippen LogP contribution in [0.25, 0.3) is 0 Å². The smallest absolute Gasteiger partial charge is 0.237 e. The Hall–Kier alpha value is -2.05. The van der Waals surface area contributed by atoms with Crippen molar-refractivity contribution in [2.45, 2.75) is 19.9 Å². The number of nitrogens with zero attached hydrogens (tertiary/aromatic N) is 3. The van der Waals surface area contributed by atoms with Crippen molar-refractivity contribution in [3.05, 3.63) is 47.2 Å². The summed E-state index contributed by atoms with van der Waals surface area (Å²) < 4.78 is 5.23. The molecule has 2 rings (SSSR count). The van der Waals surface area contributed by atoms with E-state index in [0.717, 1.165) is 17.0 Å². The van der Waals surface area contributed by atoms with E-state index < -0.39 is 0 Å². The molecule has 0 aliphatic carbocycles. The number of aromatic nitrogens is 3. The topological polar surface area (TPSA) is 86.0 Å². The van der Waals surface area contributed by atoms with Gasteiger partial charge in [-0.3, -0.25) is 15.8 Å². The number of ether oxygens (including phenoxy) is 1. The Morgan fingerprint density at radius 1 is 1.16 bits per heavy atom. The van der Waals surface area contributed by atoms with Crippen LogP contribution in [0.3, 0.4) is 0 Å². The van der Waals surface area contributed by atoms with Gasteiger partial charge >= 0.3 is 0 Å². The van der Waals surface area contributed by atoms with Crippen LogP contribution < -0.4 is 16.0 Å². The molecule has 100 valence electrons. The van der Waals surface area contributed by atoms with Crippen LogP contribution in [0.15, 0.2) is 24.5 Å². The first-order valence-electron chi connectivity index (χ1n) is 5.92. The molecule has 0 spiro atoms. The average Bonchev–Trinajstić information content (AvgIpc) is 2.39. The van der Waals surface area contributed by atoms with E-state index in [1.54, 1.807) is 19.5 Å². The minimum Gasteiger partial charge on any atom is -0.480 e. The van der Waals surface area contributed by atoms with Gasteiger partial charge in [0, 0.05) is 23.8 Å². The van der Waals surface area contributed by atoms with Gasteiger partial charge in [-0.1, -0.05) is 0 Å². The van der Waals surface area contributed by atoms with Crippen LogP contribution in [-0.2, 0) is 0 Å². The summed E-state index contributed by atoms with van der Waals surface area (Å²) in [6, 6.07) is 3.64. The third kappa shape index (κ3) is 2.86. The fourth-order valence-corrected chi connectivity index (χ4v) is 2.06. The van der Waals surface area contributed by atoms with Gasteiger partial charge in [-0.25, -0.2) is 10.4 Å². The maximum absolute atomic E-state index is 5.67. The van der Waals surface area contributed by atoms with Gasteiger partial charge in [0.2, 0.25) is 5.88 Å². The Labute approximate surface area is 112 Å². The maximum atomic E-state index is 5.67. The van der Waals surface area contributed by atoms with Gasteiger partial charge in [0.1, 0.15) is 5.69 Å². The molecule has 0 saturated heterocycles. The lowest BCUT2D eigenvalue weighted by atomic mass is 10.0. The van der Waals surface area contributed by atoms with E-state index in [4.69, 9.17) is 10.6 Å². The number of hydrogen-bond donors (Lipinski definition) is 2. The number of methoxy groups -OCH3 is 1. The fourth-order valence-electron chi connectivity index (χ4n) is 2.06.